The third-order valence-corrected chi connectivity index (χ3v) is 5.00. The van der Waals surface area contributed by atoms with Crippen molar-refractivity contribution in [3.63, 3.8) is 0 Å². The zero-order valence-corrected chi connectivity index (χ0v) is 11.0. The van der Waals surface area contributed by atoms with Gasteiger partial charge in [-0.05, 0) is 50.2 Å². The van der Waals surface area contributed by atoms with Crippen LogP contribution in [0, 0.1) is 11.6 Å². The molecule has 0 unspecified atom stereocenters. The molecule has 4 heteroatoms. The molecule has 0 saturated heterocycles. The number of halogens is 2. The molecular weight excluding hydrogens is 226 g/mol. The molecule has 0 fully saturated rings. The van der Waals surface area contributed by atoms with Gasteiger partial charge in [-0.15, -0.1) is 0 Å². The molecule has 1 aromatic carbocycles. The van der Waals surface area contributed by atoms with Gasteiger partial charge in [0, 0.05) is 12.7 Å². The van der Waals surface area contributed by atoms with Crippen LogP contribution in [-0.2, 0) is 10.8 Å². The van der Waals surface area contributed by atoms with Crippen LogP contribution in [0.3, 0.4) is 0 Å². The monoisotopic (exact) mass is 244 g/mol. The van der Waals surface area contributed by atoms with Gasteiger partial charge in [0.25, 0.3) is 0 Å². The molecule has 1 aromatic rings. The number of hydrogen-bond donors (Lipinski definition) is 0. The highest BCUT2D eigenvalue weighted by molar-refractivity contribution is 6.71. The lowest BCUT2D eigenvalue weighted by Crippen LogP contribution is -2.30. The number of hydrogen-bond acceptors (Lipinski definition) is 1. The predicted molar refractivity (Wildman–Crippen MR) is 64.0 cm³/mol. The van der Waals surface area contributed by atoms with Crippen molar-refractivity contribution in [2.45, 2.75) is 32.5 Å². The molecule has 0 N–H and O–H groups in total. The summed E-state index contributed by atoms with van der Waals surface area (Å²) in [6.07, 6.45) is 0.675. The minimum atomic E-state index is -1.67. The van der Waals surface area contributed by atoms with Gasteiger partial charge in [-0.1, -0.05) is 0 Å². The first-order valence-electron chi connectivity index (χ1n) is 5.52. The van der Waals surface area contributed by atoms with Gasteiger partial charge in [-0.3, -0.25) is 0 Å². The molecule has 0 atom stereocenters. The van der Waals surface area contributed by atoms with E-state index in [9.17, 15) is 8.78 Å². The van der Waals surface area contributed by atoms with Gasteiger partial charge in [0.15, 0.2) is 8.32 Å². The molecule has 0 aromatic heterocycles. The van der Waals surface area contributed by atoms with Crippen LogP contribution in [0.25, 0.3) is 0 Å². The van der Waals surface area contributed by atoms with Crippen LogP contribution in [0.1, 0.15) is 12.5 Å². The lowest BCUT2D eigenvalue weighted by molar-refractivity contribution is 0.329. The van der Waals surface area contributed by atoms with Crippen molar-refractivity contribution < 1.29 is 13.2 Å². The quantitative estimate of drug-likeness (QED) is 0.717. The molecule has 0 heterocycles. The summed E-state index contributed by atoms with van der Waals surface area (Å²) in [7, 11) is -1.67. The Morgan fingerprint density at radius 3 is 2.19 bits per heavy atom. The average Bonchev–Trinajstić information content (AvgIpc) is 2.13. The molecule has 0 aliphatic heterocycles. The van der Waals surface area contributed by atoms with E-state index in [2.05, 4.69) is 13.1 Å². The maximum Gasteiger partial charge on any atom is 0.187 e. The zero-order chi connectivity index (χ0) is 12.2. The summed E-state index contributed by atoms with van der Waals surface area (Å²) in [4.78, 5) is 0. The standard InChI is InChI=1S/C12H18F2OSi/c1-4-15-16(2,3)6-5-10-7-11(13)9-12(14)8-10/h7-9H,4-6H2,1-3H3. The largest absolute Gasteiger partial charge is 0.418 e. The Morgan fingerprint density at radius 1 is 1.12 bits per heavy atom. The predicted octanol–water partition coefficient (Wildman–Crippen LogP) is 3.75. The van der Waals surface area contributed by atoms with Crippen LogP contribution < -0.4 is 0 Å². The van der Waals surface area contributed by atoms with Gasteiger partial charge in [0.1, 0.15) is 11.6 Å². The SMILES string of the molecule is CCO[Si](C)(C)CCc1cc(F)cc(F)c1. The molecule has 0 bridgehead atoms. The minimum absolute atomic E-state index is 0.508. The van der Waals surface area contributed by atoms with E-state index < -0.39 is 20.0 Å². The Morgan fingerprint density at radius 2 is 1.69 bits per heavy atom. The topological polar surface area (TPSA) is 9.23 Å². The highest BCUT2D eigenvalue weighted by Crippen LogP contribution is 2.17. The van der Waals surface area contributed by atoms with Crippen molar-refractivity contribution in [3.8, 4) is 0 Å². The van der Waals surface area contributed by atoms with Gasteiger partial charge in [0.05, 0.1) is 0 Å². The van der Waals surface area contributed by atoms with Crippen molar-refractivity contribution in [3.05, 3.63) is 35.4 Å². The summed E-state index contributed by atoms with van der Waals surface area (Å²) in [5.41, 5.74) is 0.706. The first kappa shape index (κ1) is 13.3. The molecule has 0 radical (unpaired) electrons. The number of benzene rings is 1. The van der Waals surface area contributed by atoms with E-state index >= 15 is 0 Å². The summed E-state index contributed by atoms with van der Waals surface area (Å²) in [6.45, 7) is 6.91. The van der Waals surface area contributed by atoms with Gasteiger partial charge < -0.3 is 4.43 Å². The second-order valence-corrected chi connectivity index (χ2v) is 8.78. The maximum atomic E-state index is 12.9. The fraction of sp³-hybridized carbons (Fsp3) is 0.500. The summed E-state index contributed by atoms with van der Waals surface area (Å²) in [5.74, 6) is -1.02. The fourth-order valence-corrected chi connectivity index (χ4v) is 3.48. The Hall–Kier alpha value is -0.743. The molecule has 90 valence electrons. The van der Waals surface area contributed by atoms with Crippen LogP contribution in [-0.4, -0.2) is 14.9 Å². The molecule has 0 amide bonds. The fourth-order valence-electron chi connectivity index (χ4n) is 1.66. The van der Waals surface area contributed by atoms with E-state index in [4.69, 9.17) is 4.43 Å². The number of rotatable bonds is 5. The van der Waals surface area contributed by atoms with E-state index in [1.807, 2.05) is 6.92 Å². The van der Waals surface area contributed by atoms with Crippen LogP contribution in [0.15, 0.2) is 18.2 Å². The van der Waals surface area contributed by atoms with Crippen molar-refractivity contribution in [1.29, 1.82) is 0 Å². The molecule has 0 aliphatic carbocycles. The van der Waals surface area contributed by atoms with Crippen molar-refractivity contribution in [2.24, 2.45) is 0 Å². The van der Waals surface area contributed by atoms with E-state index in [0.717, 1.165) is 12.1 Å². The second-order valence-electron chi connectivity index (χ2n) is 4.47. The first-order chi connectivity index (χ1) is 7.43. The van der Waals surface area contributed by atoms with Crippen LogP contribution in [0.5, 0.6) is 0 Å². The van der Waals surface area contributed by atoms with E-state index in [0.29, 0.717) is 18.6 Å². The van der Waals surface area contributed by atoms with Gasteiger partial charge >= 0.3 is 0 Å². The summed E-state index contributed by atoms with van der Waals surface area (Å²) < 4.78 is 31.5. The van der Waals surface area contributed by atoms with Gasteiger partial charge in [-0.25, -0.2) is 8.78 Å². The average molecular weight is 244 g/mol. The van der Waals surface area contributed by atoms with Crippen molar-refractivity contribution in [2.75, 3.05) is 6.61 Å². The molecule has 1 nitrogen and oxygen atoms in total. The lowest BCUT2D eigenvalue weighted by Gasteiger charge is -2.21. The molecule has 16 heavy (non-hydrogen) atoms. The molecule has 1 rings (SSSR count). The highest BCUT2D eigenvalue weighted by Gasteiger charge is 2.21. The van der Waals surface area contributed by atoms with Crippen LogP contribution in [0.4, 0.5) is 8.78 Å². The van der Waals surface area contributed by atoms with Crippen LogP contribution in [0.2, 0.25) is 19.1 Å². The van der Waals surface area contributed by atoms with E-state index in [-0.39, 0.29) is 0 Å². The molecular formula is C12H18F2OSi. The summed E-state index contributed by atoms with van der Waals surface area (Å²) >= 11 is 0. The third-order valence-electron chi connectivity index (χ3n) is 2.47. The lowest BCUT2D eigenvalue weighted by atomic mass is 10.2. The van der Waals surface area contributed by atoms with Gasteiger partial charge in [0.2, 0.25) is 0 Å². The normalized spacial score (nSPS) is 11.8. The summed E-state index contributed by atoms with van der Waals surface area (Å²) in [6, 6.07) is 4.55. The van der Waals surface area contributed by atoms with Crippen LogP contribution >= 0.6 is 0 Å². The number of aryl methyl sites for hydroxylation is 1. The Kier molecular flexibility index (Phi) is 4.62. The van der Waals surface area contributed by atoms with E-state index in [1.165, 1.54) is 12.1 Å². The van der Waals surface area contributed by atoms with E-state index in [1.54, 1.807) is 0 Å². The molecule has 0 aliphatic rings. The van der Waals surface area contributed by atoms with Crippen molar-refractivity contribution >= 4 is 8.32 Å². The highest BCUT2D eigenvalue weighted by atomic mass is 28.4. The van der Waals surface area contributed by atoms with Gasteiger partial charge in [-0.2, -0.15) is 0 Å². The summed E-state index contributed by atoms with van der Waals surface area (Å²) in [5, 5.41) is 0. The Balaban J connectivity index is 2.60. The smallest absolute Gasteiger partial charge is 0.187 e. The zero-order valence-electron chi connectivity index (χ0n) is 10.0. The maximum absolute atomic E-state index is 12.9. The molecule has 0 saturated carbocycles. The molecule has 0 spiro atoms. The first-order valence-corrected chi connectivity index (χ1v) is 8.63. The van der Waals surface area contributed by atoms with Crippen molar-refractivity contribution in [1.82, 2.24) is 0 Å². The second kappa shape index (κ2) is 5.55. The Bertz CT molecular complexity index is 333. The Labute approximate surface area is 96.6 Å². The minimum Gasteiger partial charge on any atom is -0.418 e. The third kappa shape index (κ3) is 4.41.